The maximum Gasteiger partial charge on any atom is 0.297 e. The van der Waals surface area contributed by atoms with Gasteiger partial charge in [0.25, 0.3) is 17.7 Å². The molecule has 0 spiro atoms. The molecule has 1 aliphatic rings. The Morgan fingerprint density at radius 3 is 2.15 bits per heavy atom. The van der Waals surface area contributed by atoms with Gasteiger partial charge in [-0.3, -0.25) is 14.5 Å². The summed E-state index contributed by atoms with van der Waals surface area (Å²) in [6.45, 7) is -0.613. The number of imide groups is 1. The van der Waals surface area contributed by atoms with Crippen molar-refractivity contribution < 1.29 is 23.1 Å². The van der Waals surface area contributed by atoms with E-state index in [9.17, 15) is 18.4 Å². The van der Waals surface area contributed by atoms with Crippen molar-refractivity contribution in [3.05, 3.63) is 69.7 Å². The first-order valence-corrected chi connectivity index (χ1v) is 8.87. The second kappa shape index (κ2) is 7.63. The lowest BCUT2D eigenvalue weighted by Crippen LogP contribution is -2.31. The van der Waals surface area contributed by atoms with Gasteiger partial charge in [-0.2, -0.15) is 8.78 Å². The largest absolute Gasteiger partial charge is 0.375 e. The van der Waals surface area contributed by atoms with Crippen molar-refractivity contribution in [2.75, 3.05) is 19.8 Å². The molecule has 4 nitrogen and oxygen atoms in total. The van der Waals surface area contributed by atoms with Crippen LogP contribution in [0.5, 0.6) is 0 Å². The summed E-state index contributed by atoms with van der Waals surface area (Å²) in [6.07, 6.45) is 0.289. The Balaban J connectivity index is 1.49. The van der Waals surface area contributed by atoms with Crippen LogP contribution in [-0.2, 0) is 10.7 Å². The summed E-state index contributed by atoms with van der Waals surface area (Å²) >= 11 is 3.11. The molecule has 0 N–H and O–H groups in total. The van der Waals surface area contributed by atoms with E-state index in [1.165, 1.54) is 12.1 Å². The first-order chi connectivity index (χ1) is 12.4. The fraction of sp³-hybridized carbons (Fsp3) is 0.263. The molecule has 136 valence electrons. The highest BCUT2D eigenvalue weighted by Gasteiger charge is 2.35. The minimum absolute atomic E-state index is 0.0213. The Morgan fingerprint density at radius 1 is 0.962 bits per heavy atom. The number of ether oxygens (including phenoxy) is 1. The molecule has 1 aliphatic heterocycles. The van der Waals surface area contributed by atoms with Gasteiger partial charge in [0.05, 0.1) is 11.1 Å². The summed E-state index contributed by atoms with van der Waals surface area (Å²) in [7, 11) is 0. The first kappa shape index (κ1) is 18.7. The van der Waals surface area contributed by atoms with Gasteiger partial charge in [-0.05, 0) is 24.6 Å². The molecule has 0 unspecified atom stereocenters. The molecule has 0 aliphatic carbocycles. The molecule has 0 bridgehead atoms. The highest BCUT2D eigenvalue weighted by Crippen LogP contribution is 2.33. The lowest BCUT2D eigenvalue weighted by atomic mass is 10.1. The summed E-state index contributed by atoms with van der Waals surface area (Å²) in [5.41, 5.74) is 0.609. The van der Waals surface area contributed by atoms with Gasteiger partial charge in [0.1, 0.15) is 6.61 Å². The number of alkyl halides is 2. The molecule has 0 aromatic heterocycles. The third-order valence-electron chi connectivity index (χ3n) is 4.10. The van der Waals surface area contributed by atoms with Gasteiger partial charge in [0, 0.05) is 23.2 Å². The van der Waals surface area contributed by atoms with Crippen molar-refractivity contribution in [3.8, 4) is 0 Å². The van der Waals surface area contributed by atoms with Gasteiger partial charge in [0.15, 0.2) is 0 Å². The fourth-order valence-electron chi connectivity index (χ4n) is 2.80. The van der Waals surface area contributed by atoms with E-state index in [-0.39, 0.29) is 37.0 Å². The number of fused-ring (bicyclic) bond motifs is 1. The predicted molar refractivity (Wildman–Crippen MR) is 95.3 cm³/mol. The van der Waals surface area contributed by atoms with Crippen molar-refractivity contribution in [2.45, 2.75) is 12.3 Å². The Kier molecular flexibility index (Phi) is 5.48. The highest BCUT2D eigenvalue weighted by atomic mass is 79.9. The number of benzene rings is 2. The standard InChI is InChI=1S/C19H16BrF2NO3/c20-16-9-4-3-8-15(16)19(21,22)12-26-11-5-10-23-17(24)13-6-1-2-7-14(13)18(23)25/h1-4,6-9H,5,10-12H2. The number of hydrogen-bond acceptors (Lipinski definition) is 3. The van der Waals surface area contributed by atoms with Crippen LogP contribution in [-0.4, -0.2) is 36.5 Å². The summed E-state index contributed by atoms with van der Waals surface area (Å²) in [5, 5.41) is 0. The Morgan fingerprint density at radius 2 is 1.54 bits per heavy atom. The van der Waals surface area contributed by atoms with Crippen molar-refractivity contribution in [3.63, 3.8) is 0 Å². The summed E-state index contributed by atoms with van der Waals surface area (Å²) in [6, 6.07) is 12.7. The molecule has 2 aromatic rings. The number of carbonyl (C=O) groups is 2. The van der Waals surface area contributed by atoms with Crippen LogP contribution in [0.15, 0.2) is 53.0 Å². The lowest BCUT2D eigenvalue weighted by Gasteiger charge is -2.19. The molecule has 3 rings (SSSR count). The number of amides is 2. The summed E-state index contributed by atoms with van der Waals surface area (Å²) < 4.78 is 33.8. The van der Waals surface area contributed by atoms with Gasteiger partial charge < -0.3 is 4.74 Å². The molecule has 2 amide bonds. The third-order valence-corrected chi connectivity index (χ3v) is 4.79. The zero-order valence-corrected chi connectivity index (χ0v) is 15.3. The van der Waals surface area contributed by atoms with Crippen molar-refractivity contribution in [1.29, 1.82) is 0 Å². The molecule has 0 fully saturated rings. The molecular weight excluding hydrogens is 408 g/mol. The highest BCUT2D eigenvalue weighted by molar-refractivity contribution is 9.10. The van der Waals surface area contributed by atoms with Crippen LogP contribution in [0.1, 0.15) is 32.7 Å². The molecule has 2 aromatic carbocycles. The number of nitrogens with zero attached hydrogens (tertiary/aromatic N) is 1. The maximum atomic E-state index is 14.2. The first-order valence-electron chi connectivity index (χ1n) is 8.07. The van der Waals surface area contributed by atoms with Crippen LogP contribution < -0.4 is 0 Å². The Hall–Kier alpha value is -2.12. The monoisotopic (exact) mass is 423 g/mol. The topological polar surface area (TPSA) is 46.6 Å². The van der Waals surface area contributed by atoms with E-state index in [2.05, 4.69) is 15.9 Å². The number of hydrogen-bond donors (Lipinski definition) is 0. The zero-order chi connectivity index (χ0) is 18.7. The van der Waals surface area contributed by atoms with Crippen LogP contribution in [0.25, 0.3) is 0 Å². The Bertz CT molecular complexity index is 806. The van der Waals surface area contributed by atoms with Gasteiger partial charge in [-0.1, -0.05) is 46.3 Å². The fourth-order valence-corrected chi connectivity index (χ4v) is 3.38. The minimum atomic E-state index is -3.13. The van der Waals surface area contributed by atoms with E-state index in [1.54, 1.807) is 36.4 Å². The average Bonchev–Trinajstić information content (AvgIpc) is 2.86. The normalized spacial score (nSPS) is 14.0. The van der Waals surface area contributed by atoms with Crippen LogP contribution >= 0.6 is 15.9 Å². The molecule has 7 heteroatoms. The van der Waals surface area contributed by atoms with E-state index in [0.29, 0.717) is 15.6 Å². The van der Waals surface area contributed by atoms with Gasteiger partial charge >= 0.3 is 0 Å². The molecular formula is C19H16BrF2NO3. The Labute approximate surface area is 157 Å². The van der Waals surface area contributed by atoms with Gasteiger partial charge in [0.2, 0.25) is 0 Å². The lowest BCUT2D eigenvalue weighted by molar-refractivity contribution is -0.0837. The van der Waals surface area contributed by atoms with E-state index >= 15 is 0 Å². The van der Waals surface area contributed by atoms with Crippen molar-refractivity contribution in [2.24, 2.45) is 0 Å². The zero-order valence-electron chi connectivity index (χ0n) is 13.8. The molecule has 0 atom stereocenters. The van der Waals surface area contributed by atoms with E-state index in [4.69, 9.17) is 4.74 Å². The van der Waals surface area contributed by atoms with Crippen molar-refractivity contribution >= 4 is 27.7 Å². The summed E-state index contributed by atoms with van der Waals surface area (Å²) in [5.74, 6) is -3.84. The SMILES string of the molecule is O=C1c2ccccc2C(=O)N1CCCOCC(F)(F)c1ccccc1Br. The van der Waals surface area contributed by atoms with Crippen LogP contribution in [0.2, 0.25) is 0 Å². The molecule has 0 saturated carbocycles. The van der Waals surface area contributed by atoms with E-state index in [0.717, 1.165) is 4.90 Å². The number of halogens is 3. The third kappa shape index (κ3) is 3.68. The predicted octanol–water partition coefficient (Wildman–Crippen LogP) is 4.24. The number of carbonyl (C=O) groups excluding carboxylic acids is 2. The van der Waals surface area contributed by atoms with E-state index in [1.807, 2.05) is 0 Å². The molecule has 0 radical (unpaired) electrons. The van der Waals surface area contributed by atoms with Crippen LogP contribution in [0, 0.1) is 0 Å². The number of rotatable bonds is 7. The quantitative estimate of drug-likeness (QED) is 0.494. The van der Waals surface area contributed by atoms with Crippen molar-refractivity contribution in [1.82, 2.24) is 4.90 Å². The average molecular weight is 424 g/mol. The molecule has 1 heterocycles. The second-order valence-corrected chi connectivity index (χ2v) is 6.75. The smallest absolute Gasteiger partial charge is 0.297 e. The molecule has 26 heavy (non-hydrogen) atoms. The van der Waals surface area contributed by atoms with E-state index < -0.39 is 12.5 Å². The minimum Gasteiger partial charge on any atom is -0.375 e. The van der Waals surface area contributed by atoms with Crippen LogP contribution in [0.4, 0.5) is 8.78 Å². The summed E-state index contributed by atoms with van der Waals surface area (Å²) in [4.78, 5) is 25.5. The second-order valence-electron chi connectivity index (χ2n) is 5.90. The molecule has 0 saturated heterocycles. The van der Waals surface area contributed by atoms with Gasteiger partial charge in [-0.25, -0.2) is 0 Å². The van der Waals surface area contributed by atoms with Crippen LogP contribution in [0.3, 0.4) is 0 Å². The van der Waals surface area contributed by atoms with Gasteiger partial charge in [-0.15, -0.1) is 0 Å². The maximum absolute atomic E-state index is 14.2.